The van der Waals surface area contributed by atoms with Crippen molar-refractivity contribution in [2.75, 3.05) is 11.9 Å². The molecular weight excluding hydrogens is 268 g/mol. The molecule has 0 aliphatic heterocycles. The van der Waals surface area contributed by atoms with Crippen molar-refractivity contribution < 1.29 is 4.92 Å². The largest absolute Gasteiger partial charge is 0.369 e. The van der Waals surface area contributed by atoms with E-state index in [0.29, 0.717) is 29.2 Å². The van der Waals surface area contributed by atoms with Crippen molar-refractivity contribution in [2.45, 2.75) is 13.3 Å². The third kappa shape index (κ3) is 3.15. The highest BCUT2D eigenvalue weighted by molar-refractivity contribution is 5.72. The molecule has 0 spiro atoms. The molecule has 0 atom stereocenters. The molecule has 0 unspecified atom stereocenters. The number of nitrogens with zero attached hydrogens (tertiary/aromatic N) is 3. The summed E-state index contributed by atoms with van der Waals surface area (Å²) in [7, 11) is 0. The van der Waals surface area contributed by atoms with Crippen LogP contribution in [0.5, 0.6) is 0 Å². The molecule has 1 heterocycles. The molecule has 2 rings (SSSR count). The first kappa shape index (κ1) is 14.5. The van der Waals surface area contributed by atoms with Crippen molar-refractivity contribution >= 4 is 11.5 Å². The Morgan fingerprint density at radius 2 is 2.10 bits per heavy atom. The molecule has 0 saturated carbocycles. The Kier molecular flexibility index (Phi) is 4.46. The molecule has 106 valence electrons. The first-order valence-corrected chi connectivity index (χ1v) is 6.56. The minimum atomic E-state index is -0.436. The Balaban J connectivity index is 2.51. The number of aromatic nitrogens is 1. The van der Waals surface area contributed by atoms with E-state index in [2.05, 4.69) is 16.4 Å². The number of rotatable bonds is 5. The third-order valence-electron chi connectivity index (χ3n) is 2.93. The summed E-state index contributed by atoms with van der Waals surface area (Å²) in [5.74, 6) is 0.454. The second kappa shape index (κ2) is 6.48. The quantitative estimate of drug-likeness (QED) is 0.670. The molecule has 6 heteroatoms. The maximum atomic E-state index is 11.1. The lowest BCUT2D eigenvalue weighted by molar-refractivity contribution is -0.384. The molecule has 2 aromatic rings. The van der Waals surface area contributed by atoms with Crippen LogP contribution in [0.4, 0.5) is 11.5 Å². The van der Waals surface area contributed by atoms with Crippen molar-refractivity contribution in [1.29, 1.82) is 5.26 Å². The lowest BCUT2D eigenvalue weighted by Crippen LogP contribution is -2.05. The molecule has 6 nitrogen and oxygen atoms in total. The van der Waals surface area contributed by atoms with Crippen LogP contribution in [-0.4, -0.2) is 16.5 Å². The summed E-state index contributed by atoms with van der Waals surface area (Å²) in [6.07, 6.45) is 0.891. The van der Waals surface area contributed by atoms with Crippen molar-refractivity contribution in [3.8, 4) is 17.3 Å². The maximum absolute atomic E-state index is 11.1. The molecule has 0 bridgehead atoms. The zero-order valence-corrected chi connectivity index (χ0v) is 11.5. The molecule has 1 aromatic heterocycles. The van der Waals surface area contributed by atoms with E-state index in [-0.39, 0.29) is 5.69 Å². The summed E-state index contributed by atoms with van der Waals surface area (Å²) in [5, 5.41) is 23.2. The van der Waals surface area contributed by atoms with Crippen molar-refractivity contribution in [2.24, 2.45) is 0 Å². The van der Waals surface area contributed by atoms with Crippen molar-refractivity contribution in [3.05, 3.63) is 52.1 Å². The zero-order valence-electron chi connectivity index (χ0n) is 11.5. The van der Waals surface area contributed by atoms with Gasteiger partial charge in [0.05, 0.1) is 21.7 Å². The summed E-state index contributed by atoms with van der Waals surface area (Å²) in [4.78, 5) is 15.0. The highest BCUT2D eigenvalue weighted by Gasteiger charge is 2.16. The number of para-hydroxylation sites is 1. The number of hydrogen-bond donors (Lipinski definition) is 1. The number of anilines is 1. The fraction of sp³-hybridized carbons (Fsp3) is 0.200. The van der Waals surface area contributed by atoms with E-state index < -0.39 is 4.92 Å². The fourth-order valence-electron chi connectivity index (χ4n) is 1.93. The summed E-state index contributed by atoms with van der Waals surface area (Å²) in [6.45, 7) is 2.69. The topological polar surface area (TPSA) is 91.8 Å². The van der Waals surface area contributed by atoms with Crippen LogP contribution in [0.15, 0.2) is 36.4 Å². The van der Waals surface area contributed by atoms with Gasteiger partial charge < -0.3 is 5.32 Å². The van der Waals surface area contributed by atoms with Crippen LogP contribution in [0.3, 0.4) is 0 Å². The van der Waals surface area contributed by atoms with Gasteiger partial charge in [0.2, 0.25) is 0 Å². The molecule has 21 heavy (non-hydrogen) atoms. The van der Waals surface area contributed by atoms with Gasteiger partial charge in [0, 0.05) is 12.6 Å². The van der Waals surface area contributed by atoms with Gasteiger partial charge in [-0.2, -0.15) is 5.26 Å². The number of nitriles is 1. The van der Waals surface area contributed by atoms with Crippen LogP contribution in [0, 0.1) is 21.4 Å². The summed E-state index contributed by atoms with van der Waals surface area (Å²) >= 11 is 0. The number of benzene rings is 1. The van der Waals surface area contributed by atoms with Gasteiger partial charge in [-0.15, -0.1) is 0 Å². The van der Waals surface area contributed by atoms with E-state index in [0.717, 1.165) is 6.42 Å². The van der Waals surface area contributed by atoms with Crippen molar-refractivity contribution in [3.63, 3.8) is 0 Å². The van der Waals surface area contributed by atoms with Gasteiger partial charge in [-0.25, -0.2) is 4.98 Å². The maximum Gasteiger partial charge on any atom is 0.278 e. The Labute approximate surface area is 122 Å². The molecule has 0 aliphatic carbocycles. The van der Waals surface area contributed by atoms with Crippen LogP contribution < -0.4 is 5.32 Å². The molecule has 0 amide bonds. The van der Waals surface area contributed by atoms with E-state index in [1.165, 1.54) is 6.07 Å². The summed E-state index contributed by atoms with van der Waals surface area (Å²) in [6, 6.07) is 11.7. The standard InChI is InChI=1S/C15H14N4O2/c1-2-9-17-15-11(10-16)7-8-13(18-15)12-5-3-4-6-14(12)19(20)21/h3-8H,2,9H2,1H3,(H,17,18). The van der Waals surface area contributed by atoms with Gasteiger partial charge >= 0.3 is 0 Å². The molecule has 1 N–H and O–H groups in total. The highest BCUT2D eigenvalue weighted by Crippen LogP contribution is 2.29. The predicted octanol–water partition coefficient (Wildman–Crippen LogP) is 3.35. The van der Waals surface area contributed by atoms with Crippen LogP contribution in [0.25, 0.3) is 11.3 Å². The monoisotopic (exact) mass is 282 g/mol. The van der Waals surface area contributed by atoms with Gasteiger partial charge in [0.1, 0.15) is 11.9 Å². The van der Waals surface area contributed by atoms with Crippen LogP contribution in [0.1, 0.15) is 18.9 Å². The van der Waals surface area contributed by atoms with E-state index >= 15 is 0 Å². The number of nitrogens with one attached hydrogen (secondary N) is 1. The molecule has 0 fully saturated rings. The lowest BCUT2D eigenvalue weighted by atomic mass is 10.1. The second-order valence-electron chi connectivity index (χ2n) is 4.41. The van der Waals surface area contributed by atoms with E-state index in [9.17, 15) is 10.1 Å². The number of nitro benzene ring substituents is 1. The lowest BCUT2D eigenvalue weighted by Gasteiger charge is -2.08. The fourth-order valence-corrected chi connectivity index (χ4v) is 1.93. The molecule has 1 aromatic carbocycles. The minimum Gasteiger partial charge on any atom is -0.369 e. The smallest absolute Gasteiger partial charge is 0.278 e. The number of pyridine rings is 1. The number of hydrogen-bond acceptors (Lipinski definition) is 5. The van der Waals surface area contributed by atoms with Crippen LogP contribution in [0.2, 0.25) is 0 Å². The molecule has 0 radical (unpaired) electrons. The van der Waals surface area contributed by atoms with E-state index in [4.69, 9.17) is 5.26 Å². The average Bonchev–Trinajstić information content (AvgIpc) is 2.52. The Hall–Kier alpha value is -2.94. The van der Waals surface area contributed by atoms with Gasteiger partial charge in [-0.3, -0.25) is 10.1 Å². The van der Waals surface area contributed by atoms with Gasteiger partial charge in [0.15, 0.2) is 0 Å². The Morgan fingerprint density at radius 3 is 2.76 bits per heavy atom. The third-order valence-corrected chi connectivity index (χ3v) is 2.93. The van der Waals surface area contributed by atoms with Crippen LogP contribution >= 0.6 is 0 Å². The molecule has 0 aliphatic rings. The van der Waals surface area contributed by atoms with E-state index in [1.54, 1.807) is 30.3 Å². The first-order valence-electron chi connectivity index (χ1n) is 6.56. The second-order valence-corrected chi connectivity index (χ2v) is 4.41. The van der Waals surface area contributed by atoms with Gasteiger partial charge in [0.25, 0.3) is 5.69 Å². The zero-order chi connectivity index (χ0) is 15.2. The Bertz CT molecular complexity index is 707. The summed E-state index contributed by atoms with van der Waals surface area (Å²) < 4.78 is 0. The molecular formula is C15H14N4O2. The predicted molar refractivity (Wildman–Crippen MR) is 79.8 cm³/mol. The van der Waals surface area contributed by atoms with Gasteiger partial charge in [-0.05, 0) is 24.6 Å². The highest BCUT2D eigenvalue weighted by atomic mass is 16.6. The SMILES string of the molecule is CCCNc1nc(-c2ccccc2[N+](=O)[O-])ccc1C#N. The summed E-state index contributed by atoms with van der Waals surface area (Å²) in [5.41, 5.74) is 1.33. The van der Waals surface area contributed by atoms with E-state index in [1.807, 2.05) is 6.92 Å². The molecule has 0 saturated heterocycles. The number of nitro groups is 1. The van der Waals surface area contributed by atoms with Crippen LogP contribution in [-0.2, 0) is 0 Å². The van der Waals surface area contributed by atoms with Crippen molar-refractivity contribution in [1.82, 2.24) is 4.98 Å². The Morgan fingerprint density at radius 1 is 1.33 bits per heavy atom. The average molecular weight is 282 g/mol. The first-order chi connectivity index (χ1) is 10.2. The minimum absolute atomic E-state index is 0.00357. The normalized spacial score (nSPS) is 9.90. The van der Waals surface area contributed by atoms with Gasteiger partial charge in [-0.1, -0.05) is 19.1 Å².